The van der Waals surface area contributed by atoms with Crippen LogP contribution in [0.5, 0.6) is 0 Å². The van der Waals surface area contributed by atoms with Crippen molar-refractivity contribution in [1.82, 2.24) is 24.1 Å². The molecule has 1 aromatic heterocycles. The van der Waals surface area contributed by atoms with Crippen LogP contribution in [0.1, 0.15) is 5.82 Å². The Hall–Kier alpha value is -1.45. The number of likely N-dealkylation sites (N-methyl/N-ethyl adjacent to an activating group) is 1. The Bertz CT molecular complexity index is 602. The normalized spacial score (nSPS) is 17.4. The minimum Gasteiger partial charge on any atom is -0.339 e. The van der Waals surface area contributed by atoms with E-state index in [-0.39, 0.29) is 10.9 Å². The van der Waals surface area contributed by atoms with Gasteiger partial charge in [-0.25, -0.2) is 13.4 Å². The molecule has 0 saturated carbocycles. The van der Waals surface area contributed by atoms with Crippen LogP contribution in [0, 0.1) is 6.92 Å². The molecule has 0 radical (unpaired) electrons. The van der Waals surface area contributed by atoms with Crippen LogP contribution in [-0.4, -0.2) is 85.2 Å². The zero-order chi connectivity index (χ0) is 15.6. The molecule has 2 heterocycles. The number of amides is 1. The van der Waals surface area contributed by atoms with E-state index in [1.807, 2.05) is 14.1 Å². The largest absolute Gasteiger partial charge is 0.339 e. The van der Waals surface area contributed by atoms with Crippen LogP contribution in [0.25, 0.3) is 0 Å². The van der Waals surface area contributed by atoms with E-state index < -0.39 is 10.0 Å². The number of aromatic amines is 1. The summed E-state index contributed by atoms with van der Waals surface area (Å²) in [5.74, 6) is 0.586. The Labute approximate surface area is 124 Å². The molecule has 1 saturated heterocycles. The van der Waals surface area contributed by atoms with Gasteiger partial charge in [-0.2, -0.15) is 4.31 Å². The summed E-state index contributed by atoms with van der Waals surface area (Å²) in [6.07, 6.45) is 1.33. The number of H-pyrrole nitrogens is 1. The van der Waals surface area contributed by atoms with Crippen LogP contribution >= 0.6 is 0 Å². The van der Waals surface area contributed by atoms with Crippen molar-refractivity contribution < 1.29 is 13.2 Å². The smallest absolute Gasteiger partial charge is 0.260 e. The van der Waals surface area contributed by atoms with Gasteiger partial charge in [0.2, 0.25) is 5.91 Å². The molecule has 1 aliphatic rings. The lowest BCUT2D eigenvalue weighted by Gasteiger charge is -2.34. The second-order valence-electron chi connectivity index (χ2n) is 5.36. The third-order valence-electron chi connectivity index (χ3n) is 3.34. The van der Waals surface area contributed by atoms with Gasteiger partial charge >= 0.3 is 0 Å². The van der Waals surface area contributed by atoms with E-state index in [9.17, 15) is 13.2 Å². The first kappa shape index (κ1) is 15.9. The van der Waals surface area contributed by atoms with E-state index in [1.165, 1.54) is 10.5 Å². The summed E-state index contributed by atoms with van der Waals surface area (Å²) < 4.78 is 26.2. The van der Waals surface area contributed by atoms with Crippen LogP contribution < -0.4 is 0 Å². The summed E-state index contributed by atoms with van der Waals surface area (Å²) >= 11 is 0. The Morgan fingerprint density at radius 3 is 2.43 bits per heavy atom. The van der Waals surface area contributed by atoms with E-state index in [0.717, 1.165) is 0 Å². The fourth-order valence-corrected chi connectivity index (χ4v) is 3.60. The minimum absolute atomic E-state index is 0.0226. The molecule has 1 fully saturated rings. The molecule has 0 spiro atoms. The third kappa shape index (κ3) is 3.60. The third-order valence-corrected chi connectivity index (χ3v) is 5.15. The zero-order valence-electron chi connectivity index (χ0n) is 12.5. The summed E-state index contributed by atoms with van der Waals surface area (Å²) in [7, 11) is 0.119. The van der Waals surface area contributed by atoms with Crippen molar-refractivity contribution in [1.29, 1.82) is 0 Å². The molecule has 1 aromatic rings. The Balaban J connectivity index is 1.99. The molecule has 0 unspecified atom stereocenters. The Kier molecular flexibility index (Phi) is 4.64. The molecule has 0 aromatic carbocycles. The first-order valence-electron chi connectivity index (χ1n) is 6.75. The van der Waals surface area contributed by atoms with Crippen molar-refractivity contribution in [2.24, 2.45) is 0 Å². The molecule has 8 nitrogen and oxygen atoms in total. The van der Waals surface area contributed by atoms with E-state index in [0.29, 0.717) is 38.5 Å². The number of aryl methyl sites for hydroxylation is 1. The molecular weight excluding hydrogens is 294 g/mol. The number of carbonyl (C=O) groups excluding carboxylic acids is 1. The van der Waals surface area contributed by atoms with Crippen molar-refractivity contribution in [2.45, 2.75) is 11.9 Å². The molecule has 1 N–H and O–H groups in total. The number of sulfonamides is 1. The van der Waals surface area contributed by atoms with Crippen molar-refractivity contribution in [3.63, 3.8) is 0 Å². The average Bonchev–Trinajstić information content (AvgIpc) is 2.85. The van der Waals surface area contributed by atoms with Crippen molar-refractivity contribution in [3.8, 4) is 0 Å². The lowest BCUT2D eigenvalue weighted by Crippen LogP contribution is -2.52. The highest BCUT2D eigenvalue weighted by Gasteiger charge is 2.31. The second kappa shape index (κ2) is 6.12. The predicted octanol–water partition coefficient (Wildman–Crippen LogP) is -0.887. The molecule has 9 heteroatoms. The van der Waals surface area contributed by atoms with Gasteiger partial charge in [-0.3, -0.25) is 4.79 Å². The Morgan fingerprint density at radius 2 is 1.95 bits per heavy atom. The number of rotatable bonds is 4. The lowest BCUT2D eigenvalue weighted by molar-refractivity contribution is -0.133. The summed E-state index contributed by atoms with van der Waals surface area (Å²) in [5, 5.41) is 0.105. The highest BCUT2D eigenvalue weighted by atomic mass is 32.2. The van der Waals surface area contributed by atoms with Crippen LogP contribution in [-0.2, 0) is 14.8 Å². The van der Waals surface area contributed by atoms with Crippen LogP contribution in [0.2, 0.25) is 0 Å². The molecule has 2 rings (SSSR count). The van der Waals surface area contributed by atoms with Crippen molar-refractivity contribution in [2.75, 3.05) is 46.8 Å². The highest BCUT2D eigenvalue weighted by Crippen LogP contribution is 2.15. The standard InChI is InChI=1S/C12H21N5O3S/c1-10-13-8-11(14-10)21(19,20)17-6-4-16(5-7-17)12(18)9-15(2)3/h8H,4-7,9H2,1-3H3,(H,13,14). The number of aromatic nitrogens is 2. The SMILES string of the molecule is Cc1ncc(S(=O)(=O)N2CCN(C(=O)CN(C)C)CC2)[nH]1. The first-order chi connectivity index (χ1) is 9.80. The van der Waals surface area contributed by atoms with Gasteiger partial charge in [-0.15, -0.1) is 0 Å². The number of imidazole rings is 1. The van der Waals surface area contributed by atoms with Crippen LogP contribution in [0.4, 0.5) is 0 Å². The van der Waals surface area contributed by atoms with Gasteiger partial charge in [0.05, 0.1) is 12.7 Å². The molecular formula is C12H21N5O3S. The number of piperazine rings is 1. The summed E-state index contributed by atoms with van der Waals surface area (Å²) in [4.78, 5) is 22.1. The maximum atomic E-state index is 12.4. The second-order valence-corrected chi connectivity index (χ2v) is 7.26. The van der Waals surface area contributed by atoms with Gasteiger partial charge in [0, 0.05) is 26.2 Å². The lowest BCUT2D eigenvalue weighted by atomic mass is 10.3. The molecule has 0 bridgehead atoms. The van der Waals surface area contributed by atoms with Crippen molar-refractivity contribution in [3.05, 3.63) is 12.0 Å². The summed E-state index contributed by atoms with van der Waals surface area (Å²) in [6.45, 7) is 3.49. The van der Waals surface area contributed by atoms with Gasteiger partial charge < -0.3 is 14.8 Å². The van der Waals surface area contributed by atoms with Gasteiger partial charge in [-0.05, 0) is 21.0 Å². The molecule has 21 heavy (non-hydrogen) atoms. The molecule has 0 atom stereocenters. The fraction of sp³-hybridized carbons (Fsp3) is 0.667. The summed E-state index contributed by atoms with van der Waals surface area (Å²) in [5.41, 5.74) is 0. The van der Waals surface area contributed by atoms with E-state index in [1.54, 1.807) is 16.7 Å². The number of hydrogen-bond acceptors (Lipinski definition) is 5. The van der Waals surface area contributed by atoms with Gasteiger partial charge in [0.1, 0.15) is 5.82 Å². The minimum atomic E-state index is -3.55. The molecule has 1 aliphatic heterocycles. The van der Waals surface area contributed by atoms with E-state index in [2.05, 4.69) is 9.97 Å². The van der Waals surface area contributed by atoms with Gasteiger partial charge in [0.15, 0.2) is 5.03 Å². The fourth-order valence-electron chi connectivity index (χ4n) is 2.22. The first-order valence-corrected chi connectivity index (χ1v) is 8.19. The molecule has 1 amide bonds. The van der Waals surface area contributed by atoms with Gasteiger partial charge in [0.25, 0.3) is 10.0 Å². The van der Waals surface area contributed by atoms with Crippen LogP contribution in [0.15, 0.2) is 11.2 Å². The number of hydrogen-bond donors (Lipinski definition) is 1. The van der Waals surface area contributed by atoms with Crippen molar-refractivity contribution >= 4 is 15.9 Å². The highest BCUT2D eigenvalue weighted by molar-refractivity contribution is 7.89. The van der Waals surface area contributed by atoms with E-state index in [4.69, 9.17) is 0 Å². The number of nitrogens with one attached hydrogen (secondary N) is 1. The topological polar surface area (TPSA) is 89.6 Å². The summed E-state index contributed by atoms with van der Waals surface area (Å²) in [6, 6.07) is 0. The predicted molar refractivity (Wildman–Crippen MR) is 77.2 cm³/mol. The maximum Gasteiger partial charge on any atom is 0.260 e. The quantitative estimate of drug-likeness (QED) is 0.779. The number of carbonyl (C=O) groups is 1. The maximum absolute atomic E-state index is 12.4. The van der Waals surface area contributed by atoms with Gasteiger partial charge in [-0.1, -0.05) is 0 Å². The average molecular weight is 315 g/mol. The number of nitrogens with zero attached hydrogens (tertiary/aromatic N) is 4. The monoisotopic (exact) mass is 315 g/mol. The molecule has 118 valence electrons. The molecule has 0 aliphatic carbocycles. The zero-order valence-corrected chi connectivity index (χ0v) is 13.4. The Morgan fingerprint density at radius 1 is 1.33 bits per heavy atom. The van der Waals surface area contributed by atoms with E-state index >= 15 is 0 Å². The van der Waals surface area contributed by atoms with Crippen LogP contribution in [0.3, 0.4) is 0 Å².